The van der Waals surface area contributed by atoms with Crippen molar-refractivity contribution in [2.75, 3.05) is 40.9 Å². The number of hydrogen-bond acceptors (Lipinski definition) is 6. The summed E-state index contributed by atoms with van der Waals surface area (Å²) in [7, 11) is 1.32. The van der Waals surface area contributed by atoms with Gasteiger partial charge < -0.3 is 28.8 Å². The minimum atomic E-state index is -4.55. The number of hydrogen-bond donors (Lipinski definition) is 2. The predicted octanol–water partition coefficient (Wildman–Crippen LogP) is 13.5. The second-order valence-electron chi connectivity index (χ2n) is 18.5. The number of nitrogens with one attached hydrogen (secondary N) is 1. The van der Waals surface area contributed by atoms with E-state index in [0.717, 1.165) is 38.5 Å². The molecule has 0 aromatic carbocycles. The predicted molar refractivity (Wildman–Crippen MR) is 243 cm³/mol. The fourth-order valence-electron chi connectivity index (χ4n) is 7.63. The standard InChI is InChI=1S/C48H99N2O6P/c1-6-8-10-12-14-16-17-18-19-20-21-22-23-24-25-26-27-28-29-30-31-32-33-34-36-38-40-42-48(52)49-46(45-56-57(53,54)55-44-43-50(3,4)5)47(51)41-39-37-35-15-13-11-9-7-2/h46-47,51H,6-45H2,1-5H3,(H-,49,52,53,54). The van der Waals surface area contributed by atoms with Crippen molar-refractivity contribution in [3.63, 3.8) is 0 Å². The zero-order valence-corrected chi connectivity index (χ0v) is 39.7. The van der Waals surface area contributed by atoms with E-state index >= 15 is 0 Å². The van der Waals surface area contributed by atoms with Crippen molar-refractivity contribution in [1.82, 2.24) is 5.32 Å². The van der Waals surface area contributed by atoms with Crippen LogP contribution in [0.3, 0.4) is 0 Å². The Labute approximate surface area is 355 Å². The minimum absolute atomic E-state index is 0.0156. The molecule has 0 saturated carbocycles. The molecule has 0 aliphatic rings. The highest BCUT2D eigenvalue weighted by Crippen LogP contribution is 2.38. The van der Waals surface area contributed by atoms with Gasteiger partial charge in [-0.1, -0.05) is 232 Å². The van der Waals surface area contributed by atoms with E-state index in [1.165, 1.54) is 186 Å². The maximum atomic E-state index is 12.9. The molecule has 2 N–H and O–H groups in total. The van der Waals surface area contributed by atoms with Crippen LogP contribution in [0.1, 0.15) is 251 Å². The number of carbonyl (C=O) groups excluding carboxylic acids is 1. The van der Waals surface area contributed by atoms with Crippen molar-refractivity contribution in [2.45, 2.75) is 264 Å². The van der Waals surface area contributed by atoms with Gasteiger partial charge in [0.2, 0.25) is 5.91 Å². The van der Waals surface area contributed by atoms with Crippen molar-refractivity contribution < 1.29 is 32.9 Å². The van der Waals surface area contributed by atoms with Crippen LogP contribution < -0.4 is 10.2 Å². The molecule has 57 heavy (non-hydrogen) atoms. The summed E-state index contributed by atoms with van der Waals surface area (Å²) in [6, 6.07) is -0.791. The molecule has 0 aliphatic carbocycles. The zero-order chi connectivity index (χ0) is 42.1. The molecule has 0 bridgehead atoms. The molecule has 0 heterocycles. The van der Waals surface area contributed by atoms with E-state index in [9.17, 15) is 19.4 Å². The lowest BCUT2D eigenvalue weighted by molar-refractivity contribution is -0.870. The third kappa shape index (κ3) is 43.4. The zero-order valence-electron chi connectivity index (χ0n) is 38.8. The van der Waals surface area contributed by atoms with Crippen LogP contribution in [0.5, 0.6) is 0 Å². The highest BCUT2D eigenvalue weighted by atomic mass is 31.2. The van der Waals surface area contributed by atoms with Gasteiger partial charge in [0.25, 0.3) is 7.82 Å². The molecule has 0 aromatic heterocycles. The molecule has 8 nitrogen and oxygen atoms in total. The number of likely N-dealkylation sites (N-methyl/N-ethyl adjacent to an activating group) is 1. The Kier molecular flexibility index (Phi) is 40.5. The molecule has 0 radical (unpaired) electrons. The summed E-state index contributed by atoms with van der Waals surface area (Å²) in [5.74, 6) is -0.162. The van der Waals surface area contributed by atoms with Gasteiger partial charge in [0.1, 0.15) is 13.2 Å². The molecule has 0 aromatic rings. The van der Waals surface area contributed by atoms with Crippen LogP contribution in [0.15, 0.2) is 0 Å². The Morgan fingerprint density at radius 3 is 1.19 bits per heavy atom. The number of rotatable bonds is 46. The first-order valence-electron chi connectivity index (χ1n) is 24.9. The Balaban J connectivity index is 3.95. The lowest BCUT2D eigenvalue weighted by Crippen LogP contribution is -2.46. The maximum Gasteiger partial charge on any atom is 0.268 e. The van der Waals surface area contributed by atoms with E-state index in [1.54, 1.807) is 0 Å². The first kappa shape index (κ1) is 56.5. The van der Waals surface area contributed by atoms with E-state index in [-0.39, 0.29) is 19.1 Å². The highest BCUT2D eigenvalue weighted by Gasteiger charge is 2.24. The molecule has 342 valence electrons. The van der Waals surface area contributed by atoms with E-state index in [0.29, 0.717) is 23.9 Å². The average molecular weight is 831 g/mol. The van der Waals surface area contributed by atoms with Gasteiger partial charge >= 0.3 is 0 Å². The van der Waals surface area contributed by atoms with Gasteiger partial charge in [-0.25, -0.2) is 0 Å². The monoisotopic (exact) mass is 831 g/mol. The van der Waals surface area contributed by atoms with Gasteiger partial charge in [-0.3, -0.25) is 9.36 Å². The van der Waals surface area contributed by atoms with Crippen LogP contribution in [0, 0.1) is 0 Å². The van der Waals surface area contributed by atoms with Gasteiger partial charge in [-0.05, 0) is 12.8 Å². The topological polar surface area (TPSA) is 108 Å². The van der Waals surface area contributed by atoms with E-state index in [2.05, 4.69) is 19.2 Å². The Morgan fingerprint density at radius 2 is 0.860 bits per heavy atom. The van der Waals surface area contributed by atoms with E-state index < -0.39 is 20.0 Å². The normalized spacial score (nSPS) is 14.2. The van der Waals surface area contributed by atoms with Crippen LogP contribution in [-0.4, -0.2) is 68.5 Å². The number of phosphoric acid groups is 1. The SMILES string of the molecule is CCCCCCCCCCCCCCCCCCCCCCCCCCCCCC(=O)NC(COP(=O)([O-])OCC[N+](C)(C)C)C(O)CCCCCCCCCC. The van der Waals surface area contributed by atoms with Crippen molar-refractivity contribution in [2.24, 2.45) is 0 Å². The van der Waals surface area contributed by atoms with Gasteiger partial charge in [0, 0.05) is 6.42 Å². The number of aliphatic hydroxyl groups excluding tert-OH is 1. The molecule has 0 fully saturated rings. The average Bonchev–Trinajstić information content (AvgIpc) is 3.16. The quantitative estimate of drug-likeness (QED) is 0.0359. The third-order valence-corrected chi connectivity index (χ3v) is 12.6. The number of amides is 1. The van der Waals surface area contributed by atoms with Crippen LogP contribution in [-0.2, 0) is 18.4 Å². The molecular weight excluding hydrogens is 732 g/mol. The number of carbonyl (C=O) groups is 1. The van der Waals surface area contributed by atoms with Gasteiger partial charge in [0.15, 0.2) is 0 Å². The van der Waals surface area contributed by atoms with Crippen LogP contribution >= 0.6 is 7.82 Å². The summed E-state index contributed by atoms with van der Waals surface area (Å²) in [4.78, 5) is 25.3. The minimum Gasteiger partial charge on any atom is -0.756 e. The van der Waals surface area contributed by atoms with E-state index in [1.807, 2.05) is 21.1 Å². The summed E-state index contributed by atoms with van der Waals surface area (Å²) in [6.07, 6.45) is 45.8. The van der Waals surface area contributed by atoms with Crippen molar-refractivity contribution >= 4 is 13.7 Å². The number of nitrogens with zero attached hydrogens (tertiary/aromatic N) is 1. The second-order valence-corrected chi connectivity index (χ2v) is 19.9. The number of quaternary nitrogens is 1. The van der Waals surface area contributed by atoms with Crippen LogP contribution in [0.25, 0.3) is 0 Å². The molecule has 0 saturated heterocycles. The molecule has 0 aliphatic heterocycles. The lowest BCUT2D eigenvalue weighted by atomic mass is 10.0. The van der Waals surface area contributed by atoms with Gasteiger partial charge in [0.05, 0.1) is 39.9 Å². The largest absolute Gasteiger partial charge is 0.756 e. The molecule has 3 atom stereocenters. The summed E-state index contributed by atoms with van der Waals surface area (Å²) >= 11 is 0. The van der Waals surface area contributed by atoms with Crippen molar-refractivity contribution in [3.8, 4) is 0 Å². The molecule has 1 amide bonds. The first-order valence-corrected chi connectivity index (χ1v) is 26.3. The summed E-state index contributed by atoms with van der Waals surface area (Å²) < 4.78 is 23.2. The smallest absolute Gasteiger partial charge is 0.268 e. The Morgan fingerprint density at radius 1 is 0.544 bits per heavy atom. The van der Waals surface area contributed by atoms with Crippen LogP contribution in [0.4, 0.5) is 0 Å². The third-order valence-electron chi connectivity index (χ3n) is 11.6. The summed E-state index contributed by atoms with van der Waals surface area (Å²) in [6.45, 7) is 4.71. The maximum absolute atomic E-state index is 12.9. The Hall–Kier alpha value is -0.500. The molecule has 9 heteroatoms. The van der Waals surface area contributed by atoms with E-state index in [4.69, 9.17) is 9.05 Å². The molecule has 0 rings (SSSR count). The molecule has 3 unspecified atom stereocenters. The lowest BCUT2D eigenvalue weighted by Gasteiger charge is -2.30. The number of unbranched alkanes of at least 4 members (excludes halogenated alkanes) is 33. The Bertz CT molecular complexity index is 901. The number of phosphoric ester groups is 1. The van der Waals surface area contributed by atoms with Gasteiger partial charge in [-0.2, -0.15) is 0 Å². The number of aliphatic hydroxyl groups is 1. The highest BCUT2D eigenvalue weighted by molar-refractivity contribution is 7.45. The molecular formula is C48H99N2O6P. The fraction of sp³-hybridized carbons (Fsp3) is 0.979. The summed E-state index contributed by atoms with van der Waals surface area (Å²) in [5.41, 5.74) is 0. The molecule has 0 spiro atoms. The van der Waals surface area contributed by atoms with Gasteiger partial charge in [-0.15, -0.1) is 0 Å². The van der Waals surface area contributed by atoms with Crippen molar-refractivity contribution in [3.05, 3.63) is 0 Å². The fourth-order valence-corrected chi connectivity index (χ4v) is 8.35. The van der Waals surface area contributed by atoms with Crippen molar-refractivity contribution in [1.29, 1.82) is 0 Å². The second kappa shape index (κ2) is 40.9. The first-order chi connectivity index (χ1) is 27.5. The summed E-state index contributed by atoms with van der Waals surface area (Å²) in [5, 5.41) is 13.8. The van der Waals surface area contributed by atoms with Crippen LogP contribution in [0.2, 0.25) is 0 Å².